The summed E-state index contributed by atoms with van der Waals surface area (Å²) in [7, 11) is 0. The number of ether oxygens (including phenoxy) is 1. The Labute approximate surface area is 113 Å². The number of hydrogen-bond acceptors (Lipinski definition) is 7. The molecular weight excluding hydrogens is 246 g/mol. The average Bonchev–Trinajstić information content (AvgIpc) is 2.39. The molecule has 1 saturated heterocycles. The fourth-order valence-electron chi connectivity index (χ4n) is 2.05. The first-order valence-corrected chi connectivity index (χ1v) is 6.78. The van der Waals surface area contributed by atoms with Crippen LogP contribution >= 0.6 is 0 Å². The van der Waals surface area contributed by atoms with Gasteiger partial charge in [-0.25, -0.2) is 0 Å². The van der Waals surface area contributed by atoms with E-state index in [1.807, 2.05) is 18.7 Å². The number of aliphatic hydroxyl groups is 1. The number of piperidine rings is 1. The highest BCUT2D eigenvalue weighted by molar-refractivity contribution is 5.38. The summed E-state index contributed by atoms with van der Waals surface area (Å²) in [4.78, 5) is 14.8. The van der Waals surface area contributed by atoms with E-state index in [0.717, 1.165) is 25.9 Å². The Morgan fingerprint density at radius 3 is 2.89 bits per heavy atom. The third-order valence-electron chi connectivity index (χ3n) is 2.89. The Morgan fingerprint density at radius 2 is 2.21 bits per heavy atom. The van der Waals surface area contributed by atoms with E-state index in [4.69, 9.17) is 4.74 Å². The molecule has 7 heteroatoms. The second kappa shape index (κ2) is 6.51. The minimum absolute atomic E-state index is 0.316. The fourth-order valence-corrected chi connectivity index (χ4v) is 2.05. The summed E-state index contributed by atoms with van der Waals surface area (Å²) < 4.78 is 5.36. The van der Waals surface area contributed by atoms with Crippen molar-refractivity contribution in [3.63, 3.8) is 0 Å². The van der Waals surface area contributed by atoms with Crippen LogP contribution in [0.4, 0.5) is 11.9 Å². The van der Waals surface area contributed by atoms with Crippen LogP contribution in [0.1, 0.15) is 26.7 Å². The van der Waals surface area contributed by atoms with Gasteiger partial charge in [-0.15, -0.1) is 0 Å². The third-order valence-corrected chi connectivity index (χ3v) is 2.89. The maximum atomic E-state index is 9.73. The number of aromatic nitrogens is 3. The highest BCUT2D eigenvalue weighted by atomic mass is 16.5. The lowest BCUT2D eigenvalue weighted by Gasteiger charge is -2.30. The Bertz CT molecular complexity index is 391. The minimum Gasteiger partial charge on any atom is -0.464 e. The number of nitrogens with zero attached hydrogens (tertiary/aromatic N) is 4. The molecule has 1 unspecified atom stereocenters. The molecule has 0 aromatic carbocycles. The lowest BCUT2D eigenvalue weighted by atomic mass is 10.1. The summed E-state index contributed by atoms with van der Waals surface area (Å²) in [5.74, 6) is 1.07. The lowest BCUT2D eigenvalue weighted by Crippen LogP contribution is -2.39. The summed E-state index contributed by atoms with van der Waals surface area (Å²) >= 11 is 0. The maximum absolute atomic E-state index is 9.73. The number of β-amino-alcohol motifs (C(OH)–C–C–N with tert-alkyl or cyclic N) is 1. The number of rotatable bonds is 5. The van der Waals surface area contributed by atoms with Crippen molar-refractivity contribution in [3.8, 4) is 6.01 Å². The normalized spacial score (nSPS) is 19.3. The molecule has 0 spiro atoms. The SMILES string of the molecule is CCNc1nc(OCC)nc(N2CCCC(O)C2)n1. The number of nitrogens with one attached hydrogen (secondary N) is 1. The van der Waals surface area contributed by atoms with Crippen LogP contribution < -0.4 is 15.0 Å². The first-order chi connectivity index (χ1) is 9.22. The molecule has 1 aromatic rings. The molecule has 1 aliphatic heterocycles. The van der Waals surface area contributed by atoms with Gasteiger partial charge in [-0.2, -0.15) is 15.0 Å². The monoisotopic (exact) mass is 267 g/mol. The van der Waals surface area contributed by atoms with Crippen molar-refractivity contribution in [2.24, 2.45) is 0 Å². The molecule has 0 amide bonds. The third kappa shape index (κ3) is 3.66. The van der Waals surface area contributed by atoms with E-state index in [1.165, 1.54) is 0 Å². The summed E-state index contributed by atoms with van der Waals surface area (Å²) in [6.45, 7) is 6.52. The van der Waals surface area contributed by atoms with Gasteiger partial charge >= 0.3 is 6.01 Å². The van der Waals surface area contributed by atoms with Crippen molar-refractivity contribution in [3.05, 3.63) is 0 Å². The Morgan fingerprint density at radius 1 is 1.37 bits per heavy atom. The molecule has 1 aliphatic rings. The molecule has 2 rings (SSSR count). The van der Waals surface area contributed by atoms with E-state index < -0.39 is 0 Å². The quantitative estimate of drug-likeness (QED) is 0.811. The molecule has 0 radical (unpaired) electrons. The Kier molecular flexibility index (Phi) is 4.73. The zero-order chi connectivity index (χ0) is 13.7. The van der Waals surface area contributed by atoms with E-state index in [9.17, 15) is 5.11 Å². The summed E-state index contributed by atoms with van der Waals surface area (Å²) in [5.41, 5.74) is 0. The van der Waals surface area contributed by atoms with E-state index in [0.29, 0.717) is 31.1 Å². The van der Waals surface area contributed by atoms with Crippen LogP contribution in [-0.4, -0.2) is 52.4 Å². The van der Waals surface area contributed by atoms with Gasteiger partial charge in [0.05, 0.1) is 12.7 Å². The smallest absolute Gasteiger partial charge is 0.323 e. The Hall–Kier alpha value is -1.63. The molecule has 1 fully saturated rings. The van der Waals surface area contributed by atoms with Crippen molar-refractivity contribution >= 4 is 11.9 Å². The van der Waals surface area contributed by atoms with Crippen LogP contribution in [0.5, 0.6) is 6.01 Å². The second-order valence-electron chi connectivity index (χ2n) is 4.45. The molecule has 2 heterocycles. The first kappa shape index (κ1) is 13.8. The average molecular weight is 267 g/mol. The van der Waals surface area contributed by atoms with Crippen LogP contribution in [-0.2, 0) is 0 Å². The summed E-state index contributed by atoms with van der Waals surface area (Å²) in [5, 5.41) is 12.8. The Balaban J connectivity index is 2.21. The molecule has 1 atom stereocenters. The van der Waals surface area contributed by atoms with Crippen molar-refractivity contribution in [1.29, 1.82) is 0 Å². The second-order valence-corrected chi connectivity index (χ2v) is 4.45. The zero-order valence-electron chi connectivity index (χ0n) is 11.5. The van der Waals surface area contributed by atoms with Gasteiger partial charge in [-0.1, -0.05) is 0 Å². The van der Waals surface area contributed by atoms with E-state index >= 15 is 0 Å². The van der Waals surface area contributed by atoms with Crippen LogP contribution in [0, 0.1) is 0 Å². The van der Waals surface area contributed by atoms with E-state index in [1.54, 1.807) is 0 Å². The van der Waals surface area contributed by atoms with Crippen LogP contribution in [0.15, 0.2) is 0 Å². The van der Waals surface area contributed by atoms with Gasteiger partial charge in [0.15, 0.2) is 0 Å². The van der Waals surface area contributed by atoms with Crippen molar-refractivity contribution in [2.45, 2.75) is 32.8 Å². The van der Waals surface area contributed by atoms with Gasteiger partial charge in [0.2, 0.25) is 11.9 Å². The predicted molar refractivity (Wildman–Crippen MR) is 72.6 cm³/mol. The van der Waals surface area contributed by atoms with Crippen molar-refractivity contribution in [2.75, 3.05) is 36.5 Å². The number of anilines is 2. The van der Waals surface area contributed by atoms with Gasteiger partial charge in [-0.3, -0.25) is 0 Å². The standard InChI is InChI=1S/C12H21N5O2/c1-3-13-10-14-11(16-12(15-10)19-4-2)17-7-5-6-9(18)8-17/h9,18H,3-8H2,1-2H3,(H,13,14,15,16). The fraction of sp³-hybridized carbons (Fsp3) is 0.750. The molecule has 0 aliphatic carbocycles. The molecule has 106 valence electrons. The summed E-state index contributed by atoms with van der Waals surface area (Å²) in [6.07, 6.45) is 1.46. The maximum Gasteiger partial charge on any atom is 0.323 e. The van der Waals surface area contributed by atoms with Crippen LogP contribution in [0.3, 0.4) is 0 Å². The molecule has 7 nitrogen and oxygen atoms in total. The van der Waals surface area contributed by atoms with Crippen LogP contribution in [0.2, 0.25) is 0 Å². The van der Waals surface area contributed by atoms with Gasteiger partial charge in [0.1, 0.15) is 0 Å². The number of hydrogen-bond donors (Lipinski definition) is 2. The zero-order valence-corrected chi connectivity index (χ0v) is 11.5. The van der Waals surface area contributed by atoms with Crippen LogP contribution in [0.25, 0.3) is 0 Å². The molecule has 1 aromatic heterocycles. The van der Waals surface area contributed by atoms with Crippen molar-refractivity contribution in [1.82, 2.24) is 15.0 Å². The van der Waals surface area contributed by atoms with Gasteiger partial charge in [-0.05, 0) is 26.7 Å². The molecule has 0 bridgehead atoms. The van der Waals surface area contributed by atoms with Gasteiger partial charge < -0.3 is 20.1 Å². The lowest BCUT2D eigenvalue weighted by molar-refractivity contribution is 0.153. The molecule has 19 heavy (non-hydrogen) atoms. The van der Waals surface area contributed by atoms with E-state index in [-0.39, 0.29) is 6.10 Å². The van der Waals surface area contributed by atoms with Crippen molar-refractivity contribution < 1.29 is 9.84 Å². The summed E-state index contributed by atoms with van der Waals surface area (Å²) in [6, 6.07) is 0.323. The minimum atomic E-state index is -0.316. The largest absolute Gasteiger partial charge is 0.464 e. The molecular formula is C12H21N5O2. The predicted octanol–water partition coefficient (Wildman–Crippen LogP) is 0.663. The highest BCUT2D eigenvalue weighted by Gasteiger charge is 2.21. The topological polar surface area (TPSA) is 83.4 Å². The van der Waals surface area contributed by atoms with E-state index in [2.05, 4.69) is 20.3 Å². The molecule has 0 saturated carbocycles. The van der Waals surface area contributed by atoms with Gasteiger partial charge in [0, 0.05) is 19.6 Å². The highest BCUT2D eigenvalue weighted by Crippen LogP contribution is 2.19. The first-order valence-electron chi connectivity index (χ1n) is 6.78. The number of aliphatic hydroxyl groups excluding tert-OH is 1. The van der Waals surface area contributed by atoms with Gasteiger partial charge in [0.25, 0.3) is 0 Å². The molecule has 2 N–H and O–H groups in total.